The van der Waals surface area contributed by atoms with Crippen molar-refractivity contribution in [1.29, 1.82) is 0 Å². The number of aryl methyl sites for hydroxylation is 9. The van der Waals surface area contributed by atoms with Crippen LogP contribution in [0.5, 0.6) is 0 Å². The fourth-order valence-electron chi connectivity index (χ4n) is 15.3. The SMILES string of the molecule is CC1=Cc2cc3[nH]c(cc4nc(cc5[nH]c(cc1n2)cc5C)C(C)=C4CCC(=O)[O-])c(CCC(=O)[O-])c3C.CC1=Cc2cc3[nH]c(cc4nc(cc5[nH]c(cc1n2)cc5C)C(C)=C4CCC(=O)[O-])c(CCC(=O)[O-])c3C.CC1=Cc2cc3[nH]c(cc4nc(cc5[nH]c(cc1n2)cc5C)C(C)=C4CCC(=O)[O-])c(CCC(=O)[O-])c3C.[In+3].[In+3]. The number of carboxylic acids is 6. The fourth-order valence-corrected chi connectivity index (χ4v) is 15.3. The Labute approximate surface area is 705 Å². The Balaban J connectivity index is 0.000000170. The molecule has 0 aromatic carbocycles. The first kappa shape index (κ1) is 85.2. The molecule has 26 heteroatoms. The molecule has 24 nitrogen and oxygen atoms in total. The van der Waals surface area contributed by atoms with E-state index in [9.17, 15) is 59.4 Å². The summed E-state index contributed by atoms with van der Waals surface area (Å²) in [7, 11) is 0. The molecule has 116 heavy (non-hydrogen) atoms. The van der Waals surface area contributed by atoms with Gasteiger partial charge in [0.25, 0.3) is 0 Å². The second-order valence-corrected chi connectivity index (χ2v) is 29.8. The number of carboxylic acid groups (broad SMARTS) is 6. The van der Waals surface area contributed by atoms with E-state index in [1.807, 2.05) is 174 Å². The molecule has 9 aromatic heterocycles. The van der Waals surface area contributed by atoms with Gasteiger partial charge in [-0.15, -0.1) is 0 Å². The molecule has 24 bridgehead atoms. The molecule has 6 aliphatic heterocycles. The average molecular weight is 1760 g/mol. The molecule has 9 aromatic rings. The summed E-state index contributed by atoms with van der Waals surface area (Å²) in [5.74, 6) is -6.74. The van der Waals surface area contributed by atoms with E-state index < -0.39 is 35.8 Å². The number of aromatic amines is 6. The van der Waals surface area contributed by atoms with Gasteiger partial charge in [0.2, 0.25) is 0 Å². The molecule has 0 aliphatic carbocycles. The Kier molecular flexibility index (Phi) is 26.2. The first-order valence-electron chi connectivity index (χ1n) is 37.8. The summed E-state index contributed by atoms with van der Waals surface area (Å²) in [5, 5.41) is 67.8. The first-order valence-corrected chi connectivity index (χ1v) is 37.8. The van der Waals surface area contributed by atoms with Crippen molar-refractivity contribution in [3.63, 3.8) is 0 Å². The van der Waals surface area contributed by atoms with Gasteiger partial charge < -0.3 is 89.3 Å². The number of aliphatic carboxylic acids is 6. The van der Waals surface area contributed by atoms with Crippen molar-refractivity contribution in [1.82, 2.24) is 59.8 Å². The average Bonchev–Trinajstić information content (AvgIpc) is 1.64. The van der Waals surface area contributed by atoms with Crippen molar-refractivity contribution in [3.8, 4) is 0 Å². The number of nitrogens with zero attached hydrogens (tertiary/aromatic N) is 6. The number of allylic oxidation sites excluding steroid dienone is 9. The van der Waals surface area contributed by atoms with Gasteiger partial charge in [-0.3, -0.25) is 0 Å². The number of H-pyrrole nitrogens is 6. The van der Waals surface area contributed by atoms with Crippen molar-refractivity contribution in [2.45, 2.75) is 160 Å². The second kappa shape index (κ2) is 35.6. The number of carbonyl (C=O) groups excluding carboxylic acids is 6. The molecular weight excluding hydrogens is 1670 g/mol. The van der Waals surface area contributed by atoms with Crippen molar-refractivity contribution < 1.29 is 59.4 Å². The van der Waals surface area contributed by atoms with Crippen LogP contribution in [0.15, 0.2) is 91.0 Å². The number of rotatable bonds is 18. The van der Waals surface area contributed by atoms with E-state index in [0.717, 1.165) is 218 Å². The molecule has 15 rings (SSSR count). The third-order valence-corrected chi connectivity index (χ3v) is 21.7. The number of hydrogen-bond acceptors (Lipinski definition) is 18. The second-order valence-electron chi connectivity index (χ2n) is 29.8. The minimum Gasteiger partial charge on any atom is -0.550 e. The first-order chi connectivity index (χ1) is 54.3. The van der Waals surface area contributed by atoms with E-state index in [4.69, 9.17) is 29.9 Å². The molecule has 6 N–H and O–H groups in total. The maximum Gasteiger partial charge on any atom is 3.00 e. The van der Waals surface area contributed by atoms with E-state index in [1.54, 1.807) is 0 Å². The van der Waals surface area contributed by atoms with Gasteiger partial charge in [0.1, 0.15) is 0 Å². The summed E-state index contributed by atoms with van der Waals surface area (Å²) in [6.45, 7) is 23.8. The Bertz CT molecular complexity index is 5780. The summed E-state index contributed by atoms with van der Waals surface area (Å²) >= 11 is 0. The van der Waals surface area contributed by atoms with Gasteiger partial charge in [0, 0.05) is 102 Å². The standard InChI is InChI=1S/3C30H30N4O4.2In/c3*1-15-9-20-12-25-17(3)21(5-7-29(35)36)27(33-25)14-28-22(6-8-30(37)38)18(4)26(34-28)13-24-16(2)10-19(32-24)11-23(15)31-20;;/h3*9-14,32-33H,5-8H2,1-4H3,(H,35,36)(H,37,38);;/q;;;2*+3/p-6. The van der Waals surface area contributed by atoms with Gasteiger partial charge >= 0.3 is 51.7 Å². The van der Waals surface area contributed by atoms with Gasteiger partial charge in [-0.2, -0.15) is 0 Å². The summed E-state index contributed by atoms with van der Waals surface area (Å²) in [5.41, 5.74) is 36.0. The van der Waals surface area contributed by atoms with Crippen LogP contribution in [-0.2, 0) is 48.0 Å². The van der Waals surface area contributed by atoms with Crippen molar-refractivity contribution in [2.24, 2.45) is 0 Å². The Morgan fingerprint density at radius 2 is 0.491 bits per heavy atom. The van der Waals surface area contributed by atoms with Gasteiger partial charge in [-0.1, -0.05) is 0 Å². The minimum atomic E-state index is -1.13. The van der Waals surface area contributed by atoms with Crippen LogP contribution in [0.4, 0.5) is 0 Å². The van der Waals surface area contributed by atoms with Crippen LogP contribution in [-0.4, -0.2) is 147 Å². The van der Waals surface area contributed by atoms with Gasteiger partial charge in [0.05, 0.1) is 68.3 Å². The number of fused-ring (bicyclic) bond motifs is 24. The predicted molar refractivity (Wildman–Crippen MR) is 444 cm³/mol. The van der Waals surface area contributed by atoms with Gasteiger partial charge in [-0.25, -0.2) is 29.9 Å². The maximum atomic E-state index is 11.3. The molecule has 15 heterocycles. The zero-order chi connectivity index (χ0) is 81.4. The third-order valence-electron chi connectivity index (χ3n) is 21.7. The molecule has 582 valence electrons. The van der Waals surface area contributed by atoms with E-state index >= 15 is 0 Å². The van der Waals surface area contributed by atoms with Gasteiger partial charge in [0.15, 0.2) is 0 Å². The summed E-state index contributed by atoms with van der Waals surface area (Å²) in [6.07, 6.45) is 6.99. The summed E-state index contributed by atoms with van der Waals surface area (Å²) in [6, 6.07) is 29.6. The molecule has 0 fully saturated rings. The van der Waals surface area contributed by atoms with Crippen molar-refractivity contribution in [3.05, 3.63) is 209 Å². The monoisotopic (exact) mass is 1750 g/mol. The number of carbonyl (C=O) groups is 6. The van der Waals surface area contributed by atoms with Crippen LogP contribution in [0.25, 0.3) is 135 Å². The summed E-state index contributed by atoms with van der Waals surface area (Å²) in [4.78, 5) is 118. The number of aromatic nitrogens is 12. The molecule has 0 amide bonds. The van der Waals surface area contributed by atoms with Crippen LogP contribution < -0.4 is 30.6 Å². The minimum absolute atomic E-state index is 0. The van der Waals surface area contributed by atoms with Gasteiger partial charge in [-0.05, 0) is 370 Å². The normalized spacial score (nSPS) is 12.9. The van der Waals surface area contributed by atoms with E-state index in [-0.39, 0.29) is 129 Å². The molecule has 0 spiro atoms. The van der Waals surface area contributed by atoms with Crippen LogP contribution in [0.1, 0.15) is 218 Å². The third kappa shape index (κ3) is 19.1. The largest absolute Gasteiger partial charge is 3.00 e. The van der Waals surface area contributed by atoms with Crippen molar-refractivity contribution in [2.75, 3.05) is 0 Å². The molecule has 0 radical (unpaired) electrons. The quantitative estimate of drug-likeness (QED) is 0.0465. The van der Waals surface area contributed by atoms with Crippen LogP contribution in [0.2, 0.25) is 0 Å². The molecule has 0 atom stereocenters. The maximum absolute atomic E-state index is 11.3. The Morgan fingerprint density at radius 3 is 0.733 bits per heavy atom. The number of nitrogens with one attached hydrogen (secondary N) is 6. The Morgan fingerprint density at radius 1 is 0.259 bits per heavy atom. The van der Waals surface area contributed by atoms with E-state index in [2.05, 4.69) is 48.1 Å². The zero-order valence-electron chi connectivity index (χ0n) is 66.6. The predicted octanol–water partition coefficient (Wildman–Crippen LogP) is 10.1. The molecule has 0 unspecified atom stereocenters. The Hall–Kier alpha value is -11.6. The smallest absolute Gasteiger partial charge is 0.550 e. The van der Waals surface area contributed by atoms with Crippen molar-refractivity contribution >= 4 is 222 Å². The van der Waals surface area contributed by atoms with Crippen LogP contribution in [0.3, 0.4) is 0 Å². The van der Waals surface area contributed by atoms with E-state index in [0.29, 0.717) is 17.1 Å². The molecule has 0 saturated heterocycles. The molecular formula is C90H84In2N12O12. The van der Waals surface area contributed by atoms with Crippen LogP contribution >= 0.6 is 0 Å². The molecule has 0 saturated carbocycles. The summed E-state index contributed by atoms with van der Waals surface area (Å²) < 4.78 is 0. The molecule has 6 aliphatic rings. The fraction of sp³-hybridized carbons (Fsp3) is 0.267. The van der Waals surface area contributed by atoms with Crippen LogP contribution in [0, 0.1) is 41.5 Å². The number of hydrogen-bond donors (Lipinski definition) is 6. The van der Waals surface area contributed by atoms with E-state index in [1.165, 1.54) is 0 Å². The topological polar surface area (TPSA) is 413 Å². The zero-order valence-corrected chi connectivity index (χ0v) is 73.2.